The van der Waals surface area contributed by atoms with Crippen molar-refractivity contribution in [2.45, 2.75) is 51.9 Å². The monoisotopic (exact) mass is 442 g/mol. The summed E-state index contributed by atoms with van der Waals surface area (Å²) in [6.07, 6.45) is 4.53. The van der Waals surface area contributed by atoms with Crippen LogP contribution in [0.1, 0.15) is 52.4 Å². The predicted molar refractivity (Wildman–Crippen MR) is 127 cm³/mol. The Balaban J connectivity index is 1.59. The first-order chi connectivity index (χ1) is 16.0. The Hall–Kier alpha value is -3.22. The molecule has 0 spiro atoms. The molecule has 2 aliphatic rings. The number of aromatic hydroxyl groups is 1. The van der Waals surface area contributed by atoms with Crippen LogP contribution in [0.2, 0.25) is 0 Å². The number of aromatic nitrogens is 1. The molecule has 0 aliphatic carbocycles. The standard InChI is InChI=1S/C27H30N4O2/c1-4-18-7-9-20(10-8-18)25-22-23(21-13-16(2)12-17(3)26(21)32)29-30-24(22)27(33)31(25)15-19-6-5-11-28-14-19/h5-14,22-25,29-30,32H,4,15H2,1-3H3. The highest BCUT2D eigenvalue weighted by atomic mass is 16.3. The molecule has 3 heterocycles. The van der Waals surface area contributed by atoms with Crippen molar-refractivity contribution < 1.29 is 9.90 Å². The molecule has 2 aliphatic heterocycles. The van der Waals surface area contributed by atoms with Crippen LogP contribution in [0.3, 0.4) is 0 Å². The normalized spacial score (nSPS) is 24.3. The number of aryl methyl sites for hydroxylation is 3. The lowest BCUT2D eigenvalue weighted by molar-refractivity contribution is -0.131. The molecule has 3 aromatic rings. The van der Waals surface area contributed by atoms with Gasteiger partial charge in [0.25, 0.3) is 0 Å². The van der Waals surface area contributed by atoms with E-state index in [4.69, 9.17) is 0 Å². The number of fused-ring (bicyclic) bond motifs is 1. The van der Waals surface area contributed by atoms with E-state index in [0.717, 1.165) is 34.2 Å². The van der Waals surface area contributed by atoms with E-state index in [1.165, 1.54) is 5.56 Å². The van der Waals surface area contributed by atoms with Crippen molar-refractivity contribution >= 4 is 5.91 Å². The summed E-state index contributed by atoms with van der Waals surface area (Å²) in [6.45, 7) is 6.59. The second-order valence-electron chi connectivity index (χ2n) is 9.21. The molecule has 5 rings (SSSR count). The highest BCUT2D eigenvalue weighted by Crippen LogP contribution is 2.49. The van der Waals surface area contributed by atoms with Crippen LogP contribution < -0.4 is 10.9 Å². The van der Waals surface area contributed by atoms with Gasteiger partial charge in [0, 0.05) is 30.4 Å². The Morgan fingerprint density at radius 2 is 1.79 bits per heavy atom. The molecule has 33 heavy (non-hydrogen) atoms. The summed E-state index contributed by atoms with van der Waals surface area (Å²) in [6, 6.07) is 15.8. The Bertz CT molecular complexity index is 1160. The number of pyridine rings is 1. The van der Waals surface area contributed by atoms with Crippen LogP contribution >= 0.6 is 0 Å². The number of hydrazine groups is 1. The Morgan fingerprint density at radius 3 is 2.48 bits per heavy atom. The first-order valence-corrected chi connectivity index (χ1v) is 11.6. The average molecular weight is 443 g/mol. The van der Waals surface area contributed by atoms with Crippen LogP contribution in [0.5, 0.6) is 5.75 Å². The maximum atomic E-state index is 13.6. The van der Waals surface area contributed by atoms with Crippen LogP contribution in [-0.4, -0.2) is 26.9 Å². The first-order valence-electron chi connectivity index (χ1n) is 11.6. The van der Waals surface area contributed by atoms with E-state index >= 15 is 0 Å². The highest BCUT2D eigenvalue weighted by Gasteiger charge is 2.55. The summed E-state index contributed by atoms with van der Waals surface area (Å²) in [5, 5.41) is 10.9. The largest absolute Gasteiger partial charge is 0.507 e. The van der Waals surface area contributed by atoms with Gasteiger partial charge in [0.2, 0.25) is 5.91 Å². The minimum atomic E-state index is -0.372. The van der Waals surface area contributed by atoms with Crippen molar-refractivity contribution in [3.8, 4) is 5.75 Å². The fraction of sp³-hybridized carbons (Fsp3) is 0.333. The minimum Gasteiger partial charge on any atom is -0.507 e. The number of hydrogen-bond donors (Lipinski definition) is 3. The number of nitrogens with zero attached hydrogens (tertiary/aromatic N) is 2. The summed E-state index contributed by atoms with van der Waals surface area (Å²) in [4.78, 5) is 19.8. The van der Waals surface area contributed by atoms with Gasteiger partial charge in [0.1, 0.15) is 11.8 Å². The SMILES string of the molecule is CCc1ccc(C2C3C(NNC3c3cc(C)cc(C)c3O)C(=O)N2Cc2cccnc2)cc1. The second kappa shape index (κ2) is 8.61. The van der Waals surface area contributed by atoms with E-state index in [2.05, 4.69) is 47.0 Å². The van der Waals surface area contributed by atoms with Crippen LogP contribution in [0, 0.1) is 19.8 Å². The van der Waals surface area contributed by atoms with Gasteiger partial charge in [-0.05, 0) is 48.6 Å². The van der Waals surface area contributed by atoms with E-state index in [-0.39, 0.29) is 30.0 Å². The molecule has 2 fully saturated rings. The van der Waals surface area contributed by atoms with Crippen molar-refractivity contribution in [2.75, 3.05) is 0 Å². The Labute approximate surface area is 194 Å². The lowest BCUT2D eigenvalue weighted by Gasteiger charge is -2.32. The van der Waals surface area contributed by atoms with Crippen LogP contribution in [0.4, 0.5) is 0 Å². The fourth-order valence-corrected chi connectivity index (χ4v) is 5.41. The van der Waals surface area contributed by atoms with E-state index in [1.54, 1.807) is 6.20 Å². The Kier molecular flexibility index (Phi) is 5.64. The van der Waals surface area contributed by atoms with Gasteiger partial charge in [-0.1, -0.05) is 55.0 Å². The summed E-state index contributed by atoms with van der Waals surface area (Å²) >= 11 is 0. The molecule has 1 aromatic heterocycles. The third-order valence-corrected chi connectivity index (χ3v) is 7.03. The van der Waals surface area contributed by atoms with Gasteiger partial charge in [-0.25, -0.2) is 10.9 Å². The van der Waals surface area contributed by atoms with Gasteiger partial charge in [-0.15, -0.1) is 0 Å². The van der Waals surface area contributed by atoms with E-state index in [9.17, 15) is 9.90 Å². The zero-order valence-electron chi connectivity index (χ0n) is 19.2. The molecular formula is C27H30N4O2. The second-order valence-corrected chi connectivity index (χ2v) is 9.21. The van der Waals surface area contributed by atoms with Gasteiger partial charge in [-0.2, -0.15) is 0 Å². The third kappa shape index (κ3) is 3.79. The lowest BCUT2D eigenvalue weighted by Crippen LogP contribution is -2.41. The number of carbonyl (C=O) groups excluding carboxylic acids is 1. The zero-order chi connectivity index (χ0) is 23.1. The molecule has 4 unspecified atom stereocenters. The summed E-state index contributed by atoms with van der Waals surface area (Å²) in [5.74, 6) is 0.278. The van der Waals surface area contributed by atoms with E-state index < -0.39 is 0 Å². The zero-order valence-corrected chi connectivity index (χ0v) is 19.2. The van der Waals surface area contributed by atoms with Crippen molar-refractivity contribution in [1.82, 2.24) is 20.7 Å². The number of phenols is 1. The molecule has 6 heteroatoms. The van der Waals surface area contributed by atoms with Gasteiger partial charge in [0.15, 0.2) is 0 Å². The topological polar surface area (TPSA) is 77.5 Å². The van der Waals surface area contributed by atoms with Crippen molar-refractivity contribution in [3.63, 3.8) is 0 Å². The maximum Gasteiger partial charge on any atom is 0.242 e. The van der Waals surface area contributed by atoms with Crippen molar-refractivity contribution in [3.05, 3.63) is 94.3 Å². The summed E-state index contributed by atoms with van der Waals surface area (Å²) < 4.78 is 0. The van der Waals surface area contributed by atoms with Crippen LogP contribution in [0.25, 0.3) is 0 Å². The molecule has 2 saturated heterocycles. The van der Waals surface area contributed by atoms with Crippen molar-refractivity contribution in [1.29, 1.82) is 0 Å². The molecule has 2 aromatic carbocycles. The number of carbonyl (C=O) groups is 1. The predicted octanol–water partition coefficient (Wildman–Crippen LogP) is 3.88. The van der Waals surface area contributed by atoms with Gasteiger partial charge < -0.3 is 10.0 Å². The van der Waals surface area contributed by atoms with E-state index in [1.807, 2.05) is 49.2 Å². The van der Waals surface area contributed by atoms with Gasteiger partial charge in [-0.3, -0.25) is 9.78 Å². The smallest absolute Gasteiger partial charge is 0.242 e. The number of phenolic OH excluding ortho intramolecular Hbond substituents is 1. The van der Waals surface area contributed by atoms with Crippen molar-refractivity contribution in [2.24, 2.45) is 5.92 Å². The molecule has 6 nitrogen and oxygen atoms in total. The summed E-state index contributed by atoms with van der Waals surface area (Å²) in [5.41, 5.74) is 12.7. The molecule has 0 radical (unpaired) electrons. The summed E-state index contributed by atoms with van der Waals surface area (Å²) in [7, 11) is 0. The van der Waals surface area contributed by atoms with Gasteiger partial charge in [0.05, 0.1) is 12.1 Å². The lowest BCUT2D eigenvalue weighted by atomic mass is 9.82. The molecule has 3 N–H and O–H groups in total. The highest BCUT2D eigenvalue weighted by molar-refractivity contribution is 5.86. The van der Waals surface area contributed by atoms with Gasteiger partial charge >= 0.3 is 0 Å². The fourth-order valence-electron chi connectivity index (χ4n) is 5.41. The first kappa shape index (κ1) is 21.6. The molecule has 0 bridgehead atoms. The number of rotatable bonds is 5. The van der Waals surface area contributed by atoms with Crippen LogP contribution in [-0.2, 0) is 17.8 Å². The molecule has 1 amide bonds. The molecule has 4 atom stereocenters. The van der Waals surface area contributed by atoms with Crippen LogP contribution in [0.15, 0.2) is 60.9 Å². The Morgan fingerprint density at radius 1 is 1.03 bits per heavy atom. The average Bonchev–Trinajstić information content (AvgIpc) is 3.36. The third-order valence-electron chi connectivity index (χ3n) is 7.03. The quantitative estimate of drug-likeness (QED) is 0.559. The molecule has 0 saturated carbocycles. The molecular weight excluding hydrogens is 412 g/mol. The van der Waals surface area contributed by atoms with E-state index in [0.29, 0.717) is 12.3 Å². The number of benzene rings is 2. The molecule has 170 valence electrons. The number of nitrogens with one attached hydrogen (secondary N) is 2. The number of likely N-dealkylation sites (tertiary alicyclic amines) is 1. The number of amides is 1. The minimum absolute atomic E-state index is 0.0623. The number of hydrogen-bond acceptors (Lipinski definition) is 5. The maximum absolute atomic E-state index is 13.6.